The zero-order valence-corrected chi connectivity index (χ0v) is 12.8. The number of hydrogen-bond acceptors (Lipinski definition) is 4. The Morgan fingerprint density at radius 2 is 2.05 bits per heavy atom. The second-order valence-electron chi connectivity index (χ2n) is 5.18. The summed E-state index contributed by atoms with van der Waals surface area (Å²) in [7, 11) is 0. The summed E-state index contributed by atoms with van der Waals surface area (Å²) in [6.45, 7) is 9.97. The van der Waals surface area contributed by atoms with E-state index in [-0.39, 0.29) is 5.97 Å². The Labute approximate surface area is 121 Å². The molecule has 0 saturated carbocycles. The van der Waals surface area contributed by atoms with Crippen molar-refractivity contribution in [1.82, 2.24) is 5.32 Å². The average Bonchev–Trinajstić information content (AvgIpc) is 2.39. The van der Waals surface area contributed by atoms with Crippen LogP contribution in [0, 0.1) is 5.92 Å². The number of esters is 1. The third-order valence-electron chi connectivity index (χ3n) is 2.71. The standard InChI is InChI=1S/C16H25NO3/c1-5-19-16(18)13(4)20-15-8-6-7-14(9-15)11-17-10-12(2)3/h6-9,12-13,17H,5,10-11H2,1-4H3. The summed E-state index contributed by atoms with van der Waals surface area (Å²) in [6, 6.07) is 7.76. The first-order valence-corrected chi connectivity index (χ1v) is 7.15. The Morgan fingerprint density at radius 3 is 2.70 bits per heavy atom. The van der Waals surface area contributed by atoms with Crippen molar-refractivity contribution in [2.24, 2.45) is 5.92 Å². The first kappa shape index (κ1) is 16.5. The van der Waals surface area contributed by atoms with Crippen LogP contribution in [0.25, 0.3) is 0 Å². The van der Waals surface area contributed by atoms with Crippen LogP contribution < -0.4 is 10.1 Å². The lowest BCUT2D eigenvalue weighted by molar-refractivity contribution is -0.150. The molecule has 20 heavy (non-hydrogen) atoms. The number of hydrogen-bond donors (Lipinski definition) is 1. The molecule has 4 nitrogen and oxygen atoms in total. The fourth-order valence-electron chi connectivity index (χ4n) is 1.75. The molecule has 1 rings (SSSR count). The van der Waals surface area contributed by atoms with Crippen LogP contribution in [-0.2, 0) is 16.1 Å². The summed E-state index contributed by atoms with van der Waals surface area (Å²) in [6.07, 6.45) is -0.589. The molecule has 0 aliphatic rings. The molecule has 0 saturated heterocycles. The van der Waals surface area contributed by atoms with Crippen molar-refractivity contribution in [3.05, 3.63) is 29.8 Å². The summed E-state index contributed by atoms with van der Waals surface area (Å²) in [5, 5.41) is 3.38. The predicted octanol–water partition coefficient (Wildman–Crippen LogP) is 2.76. The maximum absolute atomic E-state index is 11.5. The SMILES string of the molecule is CCOC(=O)C(C)Oc1cccc(CNCC(C)C)c1. The highest BCUT2D eigenvalue weighted by Crippen LogP contribution is 2.15. The molecule has 0 fully saturated rings. The van der Waals surface area contributed by atoms with E-state index >= 15 is 0 Å². The van der Waals surface area contributed by atoms with Crippen molar-refractivity contribution in [1.29, 1.82) is 0 Å². The Kier molecular flexibility index (Phi) is 7.09. The van der Waals surface area contributed by atoms with Gasteiger partial charge in [-0.15, -0.1) is 0 Å². The van der Waals surface area contributed by atoms with Gasteiger partial charge < -0.3 is 14.8 Å². The van der Waals surface area contributed by atoms with Gasteiger partial charge in [-0.2, -0.15) is 0 Å². The van der Waals surface area contributed by atoms with E-state index in [1.165, 1.54) is 0 Å². The van der Waals surface area contributed by atoms with Crippen molar-refractivity contribution in [3.8, 4) is 5.75 Å². The lowest BCUT2D eigenvalue weighted by Gasteiger charge is -2.14. The minimum absolute atomic E-state index is 0.337. The molecule has 0 bridgehead atoms. The van der Waals surface area contributed by atoms with Crippen LogP contribution in [0.3, 0.4) is 0 Å². The zero-order valence-electron chi connectivity index (χ0n) is 12.8. The Morgan fingerprint density at radius 1 is 1.30 bits per heavy atom. The van der Waals surface area contributed by atoms with Gasteiger partial charge in [-0.05, 0) is 44.0 Å². The number of benzene rings is 1. The van der Waals surface area contributed by atoms with Gasteiger partial charge in [-0.25, -0.2) is 4.79 Å². The van der Waals surface area contributed by atoms with E-state index in [1.54, 1.807) is 13.8 Å². The fraction of sp³-hybridized carbons (Fsp3) is 0.562. The number of rotatable bonds is 8. The van der Waals surface area contributed by atoms with Gasteiger partial charge in [-0.1, -0.05) is 26.0 Å². The van der Waals surface area contributed by atoms with Crippen molar-refractivity contribution in [2.75, 3.05) is 13.2 Å². The minimum Gasteiger partial charge on any atom is -0.479 e. The van der Waals surface area contributed by atoms with E-state index in [0.717, 1.165) is 18.7 Å². The average molecular weight is 279 g/mol. The summed E-state index contributed by atoms with van der Waals surface area (Å²) < 4.78 is 10.5. The van der Waals surface area contributed by atoms with Crippen LogP contribution in [0.5, 0.6) is 5.75 Å². The van der Waals surface area contributed by atoms with Gasteiger partial charge >= 0.3 is 5.97 Å². The first-order valence-electron chi connectivity index (χ1n) is 7.15. The van der Waals surface area contributed by atoms with Crippen molar-refractivity contribution < 1.29 is 14.3 Å². The first-order chi connectivity index (χ1) is 9.52. The largest absolute Gasteiger partial charge is 0.479 e. The van der Waals surface area contributed by atoms with E-state index < -0.39 is 6.10 Å². The predicted molar refractivity (Wildman–Crippen MR) is 79.7 cm³/mol. The highest BCUT2D eigenvalue weighted by Gasteiger charge is 2.15. The molecule has 1 aromatic rings. The molecule has 0 aliphatic heterocycles. The summed E-state index contributed by atoms with van der Waals surface area (Å²) in [5.74, 6) is 0.975. The second-order valence-corrected chi connectivity index (χ2v) is 5.18. The lowest BCUT2D eigenvalue weighted by Crippen LogP contribution is -2.26. The number of carbonyl (C=O) groups excluding carboxylic acids is 1. The Bertz CT molecular complexity index is 418. The molecule has 4 heteroatoms. The van der Waals surface area contributed by atoms with Gasteiger partial charge in [0, 0.05) is 6.54 Å². The van der Waals surface area contributed by atoms with Crippen LogP contribution in [0.2, 0.25) is 0 Å². The minimum atomic E-state index is -0.589. The number of ether oxygens (including phenoxy) is 2. The quantitative estimate of drug-likeness (QED) is 0.743. The van der Waals surface area contributed by atoms with E-state index in [1.807, 2.05) is 24.3 Å². The van der Waals surface area contributed by atoms with Crippen LogP contribution >= 0.6 is 0 Å². The molecule has 1 aromatic carbocycles. The second kappa shape index (κ2) is 8.59. The van der Waals surface area contributed by atoms with Gasteiger partial charge in [0.15, 0.2) is 6.10 Å². The van der Waals surface area contributed by atoms with E-state index in [9.17, 15) is 4.79 Å². The molecule has 0 spiro atoms. The lowest BCUT2D eigenvalue weighted by atomic mass is 10.2. The molecular weight excluding hydrogens is 254 g/mol. The Hall–Kier alpha value is -1.55. The third-order valence-corrected chi connectivity index (χ3v) is 2.71. The molecule has 1 atom stereocenters. The molecule has 0 aromatic heterocycles. The fourth-order valence-corrected chi connectivity index (χ4v) is 1.75. The van der Waals surface area contributed by atoms with E-state index in [0.29, 0.717) is 18.3 Å². The molecule has 0 amide bonds. The van der Waals surface area contributed by atoms with E-state index in [4.69, 9.17) is 9.47 Å². The number of nitrogens with one attached hydrogen (secondary N) is 1. The van der Waals surface area contributed by atoms with Crippen molar-refractivity contribution >= 4 is 5.97 Å². The zero-order chi connectivity index (χ0) is 15.0. The van der Waals surface area contributed by atoms with Gasteiger partial charge in [0.1, 0.15) is 5.75 Å². The van der Waals surface area contributed by atoms with E-state index in [2.05, 4.69) is 19.2 Å². The highest BCUT2D eigenvalue weighted by atomic mass is 16.6. The van der Waals surface area contributed by atoms with Crippen LogP contribution in [0.1, 0.15) is 33.3 Å². The summed E-state index contributed by atoms with van der Waals surface area (Å²) in [4.78, 5) is 11.5. The molecule has 0 radical (unpaired) electrons. The summed E-state index contributed by atoms with van der Waals surface area (Å²) >= 11 is 0. The van der Waals surface area contributed by atoms with Crippen molar-refractivity contribution in [2.45, 2.75) is 40.3 Å². The topological polar surface area (TPSA) is 47.6 Å². The van der Waals surface area contributed by atoms with Crippen LogP contribution in [0.4, 0.5) is 0 Å². The molecule has 1 unspecified atom stereocenters. The van der Waals surface area contributed by atoms with Crippen LogP contribution in [-0.4, -0.2) is 25.2 Å². The van der Waals surface area contributed by atoms with Crippen molar-refractivity contribution in [3.63, 3.8) is 0 Å². The van der Waals surface area contributed by atoms with Crippen LogP contribution in [0.15, 0.2) is 24.3 Å². The molecule has 0 aliphatic carbocycles. The molecule has 112 valence electrons. The summed E-state index contributed by atoms with van der Waals surface area (Å²) in [5.41, 5.74) is 1.14. The monoisotopic (exact) mass is 279 g/mol. The van der Waals surface area contributed by atoms with Gasteiger partial charge in [0.2, 0.25) is 0 Å². The highest BCUT2D eigenvalue weighted by molar-refractivity contribution is 5.74. The molecule has 0 heterocycles. The molecule has 1 N–H and O–H groups in total. The maximum atomic E-state index is 11.5. The third kappa shape index (κ3) is 6.06. The smallest absolute Gasteiger partial charge is 0.347 e. The normalized spacial score (nSPS) is 12.2. The maximum Gasteiger partial charge on any atom is 0.347 e. The Balaban J connectivity index is 2.52. The van der Waals surface area contributed by atoms with Gasteiger partial charge in [0.05, 0.1) is 6.61 Å². The van der Waals surface area contributed by atoms with Gasteiger partial charge in [0.25, 0.3) is 0 Å². The molecular formula is C16H25NO3. The number of carbonyl (C=O) groups is 1. The van der Waals surface area contributed by atoms with Gasteiger partial charge in [-0.3, -0.25) is 0 Å².